The van der Waals surface area contributed by atoms with Crippen molar-refractivity contribution in [3.63, 3.8) is 0 Å². The number of aromatic hydroxyl groups is 2. The van der Waals surface area contributed by atoms with Gasteiger partial charge in [-0.1, -0.05) is 0 Å². The summed E-state index contributed by atoms with van der Waals surface area (Å²) in [5.74, 6) is 0.165. The van der Waals surface area contributed by atoms with Crippen molar-refractivity contribution in [1.82, 2.24) is 9.19 Å². The molecular formula is C11H10N2O3Se. The van der Waals surface area contributed by atoms with Crippen LogP contribution in [0.2, 0.25) is 0 Å². The SMILES string of the molecule is CC1(C)Oc2cc(O)c(O)cc2-c2nn[se]c21. The van der Waals surface area contributed by atoms with Crippen molar-refractivity contribution < 1.29 is 14.9 Å². The molecule has 0 saturated carbocycles. The van der Waals surface area contributed by atoms with E-state index >= 15 is 0 Å². The van der Waals surface area contributed by atoms with Crippen molar-refractivity contribution >= 4 is 14.7 Å². The van der Waals surface area contributed by atoms with E-state index in [0.29, 0.717) is 11.3 Å². The van der Waals surface area contributed by atoms with E-state index in [9.17, 15) is 10.2 Å². The third-order valence-electron chi connectivity index (χ3n) is 2.73. The van der Waals surface area contributed by atoms with Gasteiger partial charge in [0.1, 0.15) is 0 Å². The number of benzene rings is 1. The van der Waals surface area contributed by atoms with Crippen molar-refractivity contribution in [2.75, 3.05) is 0 Å². The van der Waals surface area contributed by atoms with Gasteiger partial charge in [-0.15, -0.1) is 0 Å². The molecule has 0 atom stereocenters. The molecule has 0 aliphatic carbocycles. The van der Waals surface area contributed by atoms with E-state index in [2.05, 4.69) is 9.19 Å². The number of hydrogen-bond donors (Lipinski definition) is 2. The predicted molar refractivity (Wildman–Crippen MR) is 61.4 cm³/mol. The van der Waals surface area contributed by atoms with Gasteiger partial charge in [-0.05, 0) is 0 Å². The Bertz CT molecular complexity index is 607. The molecule has 1 aromatic heterocycles. The first kappa shape index (κ1) is 10.6. The van der Waals surface area contributed by atoms with E-state index < -0.39 is 5.60 Å². The Labute approximate surface area is 104 Å². The molecule has 2 N–H and O–H groups in total. The molecule has 6 heteroatoms. The van der Waals surface area contributed by atoms with Gasteiger partial charge in [0.2, 0.25) is 0 Å². The summed E-state index contributed by atoms with van der Waals surface area (Å²) in [5, 5.41) is 23.1. The number of phenolic OH excluding ortho intramolecular Hbond substituents is 2. The quantitative estimate of drug-likeness (QED) is 0.565. The first-order chi connectivity index (χ1) is 7.99. The van der Waals surface area contributed by atoms with Gasteiger partial charge >= 0.3 is 103 Å². The zero-order valence-electron chi connectivity index (χ0n) is 9.26. The molecular weight excluding hydrogens is 287 g/mol. The van der Waals surface area contributed by atoms with Crippen LogP contribution in [0.4, 0.5) is 0 Å². The topological polar surface area (TPSA) is 75.5 Å². The molecule has 1 aliphatic heterocycles. The van der Waals surface area contributed by atoms with E-state index in [0.717, 1.165) is 10.1 Å². The Kier molecular flexibility index (Phi) is 2.03. The Morgan fingerprint density at radius 1 is 1.24 bits per heavy atom. The average molecular weight is 297 g/mol. The molecule has 1 aromatic carbocycles. The number of hydrogen-bond acceptors (Lipinski definition) is 5. The number of fused-ring (bicyclic) bond motifs is 3. The summed E-state index contributed by atoms with van der Waals surface area (Å²) < 4.78 is 11.0. The number of aromatic nitrogens is 2. The van der Waals surface area contributed by atoms with Crippen LogP contribution in [0.5, 0.6) is 17.2 Å². The first-order valence-corrected chi connectivity index (χ1v) is 6.69. The van der Waals surface area contributed by atoms with Gasteiger partial charge < -0.3 is 0 Å². The maximum absolute atomic E-state index is 9.53. The number of rotatable bonds is 0. The fourth-order valence-electron chi connectivity index (χ4n) is 1.91. The predicted octanol–water partition coefficient (Wildman–Crippen LogP) is 1.24. The van der Waals surface area contributed by atoms with Crippen LogP contribution < -0.4 is 4.74 Å². The molecule has 1 aliphatic rings. The standard InChI is InChI=1S/C11H10N2O3Se/c1-11(2)10-9(12-13-17-10)5-3-6(14)7(15)4-8(5)16-11/h3-4,14-15H,1-2H3. The van der Waals surface area contributed by atoms with Crippen molar-refractivity contribution in [2.45, 2.75) is 19.4 Å². The third-order valence-corrected chi connectivity index (χ3v) is 4.89. The van der Waals surface area contributed by atoms with Gasteiger partial charge in [0, 0.05) is 0 Å². The van der Waals surface area contributed by atoms with Crippen molar-refractivity contribution in [3.8, 4) is 28.5 Å². The molecule has 0 unspecified atom stereocenters. The van der Waals surface area contributed by atoms with Crippen LogP contribution in [0.25, 0.3) is 11.3 Å². The molecule has 0 radical (unpaired) electrons. The zero-order valence-corrected chi connectivity index (χ0v) is 11.0. The fourth-order valence-corrected chi connectivity index (χ4v) is 3.39. The normalized spacial score (nSPS) is 15.9. The van der Waals surface area contributed by atoms with E-state index in [1.54, 1.807) is 0 Å². The Balaban J connectivity index is 2.31. The van der Waals surface area contributed by atoms with E-state index in [-0.39, 0.29) is 26.2 Å². The van der Waals surface area contributed by atoms with Crippen LogP contribution in [-0.2, 0) is 5.60 Å². The average Bonchev–Trinajstić information content (AvgIpc) is 2.71. The molecule has 3 rings (SSSR count). The first-order valence-electron chi connectivity index (χ1n) is 5.07. The van der Waals surface area contributed by atoms with E-state index in [4.69, 9.17) is 4.74 Å². The van der Waals surface area contributed by atoms with Crippen LogP contribution in [0.15, 0.2) is 12.1 Å². The second kappa shape index (κ2) is 3.24. The number of phenols is 2. The summed E-state index contributed by atoms with van der Waals surface area (Å²) in [6.45, 7) is 3.90. The monoisotopic (exact) mass is 298 g/mol. The molecule has 5 nitrogen and oxygen atoms in total. The second-order valence-electron chi connectivity index (χ2n) is 4.40. The number of ether oxygens (including phenoxy) is 1. The molecule has 0 bridgehead atoms. The van der Waals surface area contributed by atoms with Crippen LogP contribution in [-0.4, -0.2) is 34.1 Å². The van der Waals surface area contributed by atoms with Crippen molar-refractivity contribution in [3.05, 3.63) is 16.6 Å². The van der Waals surface area contributed by atoms with Gasteiger partial charge in [-0.25, -0.2) is 0 Å². The van der Waals surface area contributed by atoms with Gasteiger partial charge in [-0.2, -0.15) is 0 Å². The maximum atomic E-state index is 9.53. The molecule has 2 heterocycles. The number of nitrogens with zero attached hydrogens (tertiary/aromatic N) is 2. The van der Waals surface area contributed by atoms with Crippen LogP contribution >= 0.6 is 0 Å². The van der Waals surface area contributed by atoms with Gasteiger partial charge in [0.05, 0.1) is 0 Å². The summed E-state index contributed by atoms with van der Waals surface area (Å²) in [6, 6.07) is 2.88. The molecule has 88 valence electrons. The second-order valence-corrected chi connectivity index (χ2v) is 5.98. The molecule has 0 saturated heterocycles. The van der Waals surface area contributed by atoms with Gasteiger partial charge in [-0.3, -0.25) is 0 Å². The van der Waals surface area contributed by atoms with Crippen LogP contribution in [0, 0.1) is 0 Å². The summed E-state index contributed by atoms with van der Waals surface area (Å²) in [4.78, 5) is 0. The molecule has 17 heavy (non-hydrogen) atoms. The summed E-state index contributed by atoms with van der Waals surface area (Å²) in [7, 11) is 0. The minimum atomic E-state index is -0.463. The van der Waals surface area contributed by atoms with Crippen LogP contribution in [0.3, 0.4) is 0 Å². The van der Waals surface area contributed by atoms with Crippen LogP contribution in [0.1, 0.15) is 18.3 Å². The van der Waals surface area contributed by atoms with Crippen molar-refractivity contribution in [2.24, 2.45) is 0 Å². The molecule has 0 spiro atoms. The summed E-state index contributed by atoms with van der Waals surface area (Å²) in [5.41, 5.74) is 0.999. The summed E-state index contributed by atoms with van der Waals surface area (Å²) in [6.07, 6.45) is 0. The minimum absolute atomic E-state index is 0.0516. The zero-order chi connectivity index (χ0) is 12.2. The summed E-state index contributed by atoms with van der Waals surface area (Å²) >= 11 is -0.0516. The van der Waals surface area contributed by atoms with Crippen molar-refractivity contribution in [1.29, 1.82) is 0 Å². The fraction of sp³-hybridized carbons (Fsp3) is 0.273. The molecule has 0 fully saturated rings. The molecule has 0 amide bonds. The van der Waals surface area contributed by atoms with Gasteiger partial charge in [0.25, 0.3) is 0 Å². The van der Waals surface area contributed by atoms with Gasteiger partial charge in [0.15, 0.2) is 0 Å². The molecule has 2 aromatic rings. The van der Waals surface area contributed by atoms with E-state index in [1.807, 2.05) is 13.8 Å². The Morgan fingerprint density at radius 2 is 1.94 bits per heavy atom. The third kappa shape index (κ3) is 1.45. The Morgan fingerprint density at radius 3 is 2.71 bits per heavy atom. The van der Waals surface area contributed by atoms with E-state index in [1.165, 1.54) is 12.1 Å². The Hall–Kier alpha value is -1.52.